The molecule has 5 nitrogen and oxygen atoms in total. The zero-order chi connectivity index (χ0) is 12.1. The summed E-state index contributed by atoms with van der Waals surface area (Å²) in [5, 5.41) is 8.59. The van der Waals surface area contributed by atoms with Crippen LogP contribution in [0.15, 0.2) is 0 Å². The van der Waals surface area contributed by atoms with Gasteiger partial charge in [0.05, 0.1) is 0 Å². The van der Waals surface area contributed by atoms with E-state index in [0.717, 1.165) is 32.4 Å². The van der Waals surface area contributed by atoms with Crippen LogP contribution in [0.25, 0.3) is 0 Å². The van der Waals surface area contributed by atoms with Gasteiger partial charge in [0, 0.05) is 33.6 Å². The van der Waals surface area contributed by atoms with Crippen LogP contribution in [0.5, 0.6) is 0 Å². The van der Waals surface area contributed by atoms with E-state index in [0.29, 0.717) is 5.92 Å². The molecule has 0 radical (unpaired) electrons. The van der Waals surface area contributed by atoms with Gasteiger partial charge in [0.15, 0.2) is 0 Å². The summed E-state index contributed by atoms with van der Waals surface area (Å²) in [5.41, 5.74) is 0. The fraction of sp³-hybridized carbons (Fsp3) is 0.818. The SMILES string of the molecule is CN(C)C(=O)N1CCC(CCC(=O)O)CC1. The fourth-order valence-corrected chi connectivity index (χ4v) is 2.02. The molecule has 0 aliphatic carbocycles. The Hall–Kier alpha value is -1.26. The smallest absolute Gasteiger partial charge is 0.319 e. The summed E-state index contributed by atoms with van der Waals surface area (Å²) in [4.78, 5) is 25.5. The molecule has 1 aliphatic heterocycles. The molecule has 0 aromatic carbocycles. The van der Waals surface area contributed by atoms with Crippen molar-refractivity contribution >= 4 is 12.0 Å². The second-order valence-electron chi connectivity index (χ2n) is 4.54. The Morgan fingerprint density at radius 3 is 2.31 bits per heavy atom. The predicted molar refractivity (Wildman–Crippen MR) is 60.2 cm³/mol. The summed E-state index contributed by atoms with van der Waals surface area (Å²) in [5.74, 6) is -0.269. The van der Waals surface area contributed by atoms with E-state index in [1.807, 2.05) is 4.90 Å². The number of aliphatic carboxylic acids is 1. The summed E-state index contributed by atoms with van der Waals surface area (Å²) in [6, 6.07) is 0.0525. The van der Waals surface area contributed by atoms with Crippen molar-refractivity contribution in [1.29, 1.82) is 0 Å². The van der Waals surface area contributed by atoms with Crippen LogP contribution >= 0.6 is 0 Å². The molecular formula is C11H20N2O3. The second-order valence-corrected chi connectivity index (χ2v) is 4.54. The van der Waals surface area contributed by atoms with E-state index < -0.39 is 5.97 Å². The number of carbonyl (C=O) groups excluding carboxylic acids is 1. The van der Waals surface area contributed by atoms with E-state index in [-0.39, 0.29) is 12.5 Å². The lowest BCUT2D eigenvalue weighted by molar-refractivity contribution is -0.137. The predicted octanol–water partition coefficient (Wildman–Crippen LogP) is 1.24. The molecule has 0 aromatic rings. The van der Waals surface area contributed by atoms with E-state index in [4.69, 9.17) is 5.11 Å². The van der Waals surface area contributed by atoms with Crippen molar-refractivity contribution in [3.05, 3.63) is 0 Å². The number of nitrogens with zero attached hydrogens (tertiary/aromatic N) is 2. The highest BCUT2D eigenvalue weighted by Crippen LogP contribution is 2.22. The molecule has 0 aromatic heterocycles. The lowest BCUT2D eigenvalue weighted by Gasteiger charge is -2.33. The van der Waals surface area contributed by atoms with Crippen molar-refractivity contribution in [3.8, 4) is 0 Å². The van der Waals surface area contributed by atoms with Crippen LogP contribution in [-0.2, 0) is 4.79 Å². The quantitative estimate of drug-likeness (QED) is 0.790. The van der Waals surface area contributed by atoms with Gasteiger partial charge < -0.3 is 14.9 Å². The van der Waals surface area contributed by atoms with Gasteiger partial charge in [0.2, 0.25) is 0 Å². The third kappa shape index (κ3) is 3.72. The molecular weight excluding hydrogens is 208 g/mol. The number of likely N-dealkylation sites (tertiary alicyclic amines) is 1. The molecule has 1 heterocycles. The monoisotopic (exact) mass is 228 g/mol. The van der Waals surface area contributed by atoms with Crippen LogP contribution in [0.4, 0.5) is 4.79 Å². The number of carboxylic acids is 1. The minimum Gasteiger partial charge on any atom is -0.481 e. The molecule has 1 fully saturated rings. The van der Waals surface area contributed by atoms with E-state index in [1.54, 1.807) is 19.0 Å². The minimum absolute atomic E-state index is 0.0525. The maximum atomic E-state index is 11.6. The molecule has 1 saturated heterocycles. The number of hydrogen-bond donors (Lipinski definition) is 1. The highest BCUT2D eigenvalue weighted by molar-refractivity contribution is 5.73. The molecule has 1 aliphatic rings. The largest absolute Gasteiger partial charge is 0.481 e. The van der Waals surface area contributed by atoms with Gasteiger partial charge in [0.25, 0.3) is 0 Å². The Kier molecular flexibility index (Phi) is 4.58. The molecule has 5 heteroatoms. The lowest BCUT2D eigenvalue weighted by Crippen LogP contribution is -2.43. The van der Waals surface area contributed by atoms with Crippen LogP contribution in [-0.4, -0.2) is 54.1 Å². The van der Waals surface area contributed by atoms with E-state index in [2.05, 4.69) is 0 Å². The zero-order valence-electron chi connectivity index (χ0n) is 9.98. The molecule has 0 spiro atoms. The summed E-state index contributed by atoms with van der Waals surface area (Å²) in [6.45, 7) is 1.50. The Bertz CT molecular complexity index is 258. The number of carbonyl (C=O) groups is 2. The Labute approximate surface area is 96.0 Å². The van der Waals surface area contributed by atoms with Crippen LogP contribution < -0.4 is 0 Å². The van der Waals surface area contributed by atoms with E-state index in [1.165, 1.54) is 0 Å². The Balaban J connectivity index is 2.28. The maximum absolute atomic E-state index is 11.6. The van der Waals surface area contributed by atoms with Gasteiger partial charge in [-0.25, -0.2) is 4.79 Å². The van der Waals surface area contributed by atoms with Gasteiger partial charge in [-0.1, -0.05) is 0 Å². The Morgan fingerprint density at radius 2 is 1.88 bits per heavy atom. The van der Waals surface area contributed by atoms with Gasteiger partial charge in [-0.2, -0.15) is 0 Å². The van der Waals surface area contributed by atoms with E-state index in [9.17, 15) is 9.59 Å². The number of carboxylic acid groups (broad SMARTS) is 1. The minimum atomic E-state index is -0.730. The van der Waals surface area contributed by atoms with Crippen LogP contribution in [0, 0.1) is 5.92 Å². The zero-order valence-corrected chi connectivity index (χ0v) is 9.98. The number of urea groups is 1. The fourth-order valence-electron chi connectivity index (χ4n) is 2.02. The number of rotatable bonds is 3. The summed E-state index contributed by atoms with van der Waals surface area (Å²) >= 11 is 0. The highest BCUT2D eigenvalue weighted by Gasteiger charge is 2.23. The third-order valence-corrected chi connectivity index (χ3v) is 3.03. The average molecular weight is 228 g/mol. The summed E-state index contributed by atoms with van der Waals surface area (Å²) in [7, 11) is 3.50. The van der Waals surface area contributed by atoms with Gasteiger partial charge in [-0.3, -0.25) is 4.79 Å². The van der Waals surface area contributed by atoms with Gasteiger partial charge in [0.1, 0.15) is 0 Å². The second kappa shape index (κ2) is 5.72. The first-order chi connectivity index (χ1) is 7.50. The molecule has 2 amide bonds. The molecule has 92 valence electrons. The van der Waals surface area contributed by atoms with Crippen molar-refractivity contribution in [2.45, 2.75) is 25.7 Å². The Morgan fingerprint density at radius 1 is 1.31 bits per heavy atom. The van der Waals surface area contributed by atoms with Gasteiger partial charge in [-0.15, -0.1) is 0 Å². The number of amides is 2. The van der Waals surface area contributed by atoms with Gasteiger partial charge in [-0.05, 0) is 25.2 Å². The molecule has 16 heavy (non-hydrogen) atoms. The first-order valence-corrected chi connectivity index (χ1v) is 5.68. The van der Waals surface area contributed by atoms with Crippen molar-refractivity contribution in [1.82, 2.24) is 9.80 Å². The van der Waals surface area contributed by atoms with Crippen LogP contribution in [0.3, 0.4) is 0 Å². The molecule has 0 bridgehead atoms. The molecule has 0 saturated carbocycles. The average Bonchev–Trinajstić information content (AvgIpc) is 2.26. The molecule has 1 rings (SSSR count). The number of piperidine rings is 1. The van der Waals surface area contributed by atoms with Crippen molar-refractivity contribution in [2.75, 3.05) is 27.2 Å². The third-order valence-electron chi connectivity index (χ3n) is 3.03. The lowest BCUT2D eigenvalue weighted by atomic mass is 9.92. The normalized spacial score (nSPS) is 17.2. The molecule has 0 unspecified atom stereocenters. The molecule has 0 atom stereocenters. The number of hydrogen-bond acceptors (Lipinski definition) is 2. The molecule has 1 N–H and O–H groups in total. The summed E-state index contributed by atoms with van der Waals surface area (Å²) in [6.07, 6.45) is 2.82. The van der Waals surface area contributed by atoms with Crippen molar-refractivity contribution in [2.24, 2.45) is 5.92 Å². The van der Waals surface area contributed by atoms with Crippen LogP contribution in [0.1, 0.15) is 25.7 Å². The summed E-state index contributed by atoms with van der Waals surface area (Å²) < 4.78 is 0. The first-order valence-electron chi connectivity index (χ1n) is 5.68. The van der Waals surface area contributed by atoms with E-state index >= 15 is 0 Å². The van der Waals surface area contributed by atoms with Crippen molar-refractivity contribution in [3.63, 3.8) is 0 Å². The van der Waals surface area contributed by atoms with Crippen molar-refractivity contribution < 1.29 is 14.7 Å². The maximum Gasteiger partial charge on any atom is 0.319 e. The first kappa shape index (κ1) is 12.8. The topological polar surface area (TPSA) is 60.9 Å². The van der Waals surface area contributed by atoms with Crippen LogP contribution in [0.2, 0.25) is 0 Å². The highest BCUT2D eigenvalue weighted by atomic mass is 16.4. The standard InChI is InChI=1S/C11H20N2O3/c1-12(2)11(16)13-7-5-9(6-8-13)3-4-10(14)15/h9H,3-8H2,1-2H3,(H,14,15). The van der Waals surface area contributed by atoms with Gasteiger partial charge >= 0.3 is 12.0 Å².